The molecular weight excluding hydrogens is 398 g/mol. The molecule has 0 spiro atoms. The van der Waals surface area contributed by atoms with Crippen molar-refractivity contribution in [2.24, 2.45) is 0 Å². The van der Waals surface area contributed by atoms with E-state index in [9.17, 15) is 18.5 Å². The molecule has 1 N–H and O–H groups in total. The van der Waals surface area contributed by atoms with Crippen LogP contribution in [0.15, 0.2) is 63.8 Å². The Balaban J connectivity index is 2.22. The van der Waals surface area contributed by atoms with Gasteiger partial charge in [0.1, 0.15) is 16.0 Å². The van der Waals surface area contributed by atoms with Crippen molar-refractivity contribution >= 4 is 27.3 Å². The summed E-state index contributed by atoms with van der Waals surface area (Å²) in [5.74, 6) is 0. The van der Waals surface area contributed by atoms with Crippen molar-refractivity contribution in [3.63, 3.8) is 0 Å². The van der Waals surface area contributed by atoms with Gasteiger partial charge in [-0.3, -0.25) is 0 Å². The molecule has 0 radical (unpaired) electrons. The van der Waals surface area contributed by atoms with E-state index in [1.807, 2.05) is 6.07 Å². The molecule has 0 aliphatic heterocycles. The number of nitrogens with zero attached hydrogens (tertiary/aromatic N) is 3. The van der Waals surface area contributed by atoms with Crippen LogP contribution < -0.4 is 0 Å². The first-order chi connectivity index (χ1) is 13.3. The van der Waals surface area contributed by atoms with E-state index in [0.717, 1.165) is 16.2 Å². The molecule has 7 nitrogen and oxygen atoms in total. The van der Waals surface area contributed by atoms with E-state index in [0.29, 0.717) is 16.0 Å². The van der Waals surface area contributed by atoms with Gasteiger partial charge in [-0.05, 0) is 30.3 Å². The molecule has 0 aliphatic carbocycles. The molecule has 1 aromatic carbocycles. The molecule has 2 aromatic heterocycles. The van der Waals surface area contributed by atoms with Gasteiger partial charge in [-0.1, -0.05) is 18.2 Å². The monoisotopic (exact) mass is 413 g/mol. The first kappa shape index (κ1) is 19.5. The predicted molar refractivity (Wildman–Crippen MR) is 104 cm³/mol. The SMILES string of the molecule is CN(Cc1cc(-c2cccnc2C#N)c(S(=O)(=O)c2ccccc2)s1)C(=O)O. The zero-order valence-electron chi connectivity index (χ0n) is 14.7. The van der Waals surface area contributed by atoms with Crippen molar-refractivity contribution < 1.29 is 18.3 Å². The van der Waals surface area contributed by atoms with Crippen LogP contribution >= 0.6 is 11.3 Å². The van der Waals surface area contributed by atoms with Crippen molar-refractivity contribution in [1.82, 2.24) is 9.88 Å². The lowest BCUT2D eigenvalue weighted by molar-refractivity contribution is 0.154. The molecule has 3 rings (SSSR count). The Morgan fingerprint density at radius 2 is 1.93 bits per heavy atom. The molecule has 0 bridgehead atoms. The number of pyridine rings is 1. The number of thiophene rings is 1. The second kappa shape index (κ2) is 7.80. The van der Waals surface area contributed by atoms with Gasteiger partial charge in [-0.15, -0.1) is 11.3 Å². The highest BCUT2D eigenvalue weighted by atomic mass is 32.2. The average molecular weight is 413 g/mol. The summed E-state index contributed by atoms with van der Waals surface area (Å²) in [6, 6.07) is 14.8. The standard InChI is InChI=1S/C19H15N3O4S2/c1-22(19(23)24)12-13-10-16(15-8-5-9-21-17(15)11-20)18(27-13)28(25,26)14-6-3-2-4-7-14/h2-10H,12H2,1H3,(H,23,24). The molecule has 0 saturated heterocycles. The van der Waals surface area contributed by atoms with Crippen molar-refractivity contribution in [2.45, 2.75) is 15.6 Å². The molecule has 142 valence electrons. The molecule has 0 atom stereocenters. The van der Waals surface area contributed by atoms with E-state index in [1.54, 1.807) is 36.4 Å². The Morgan fingerprint density at radius 3 is 2.57 bits per heavy atom. The molecule has 2 heterocycles. The molecule has 1 amide bonds. The normalized spacial score (nSPS) is 11.0. The Hall–Kier alpha value is -3.22. The van der Waals surface area contributed by atoms with Crippen molar-refractivity contribution in [2.75, 3.05) is 7.05 Å². The highest BCUT2D eigenvalue weighted by Gasteiger charge is 2.27. The number of amides is 1. The summed E-state index contributed by atoms with van der Waals surface area (Å²) < 4.78 is 26.5. The Kier molecular flexibility index (Phi) is 5.44. The second-order valence-corrected chi connectivity index (χ2v) is 9.16. The Labute approximate surface area is 166 Å². The molecular formula is C19H15N3O4S2. The third-order valence-corrected chi connectivity index (χ3v) is 7.39. The Bertz CT molecular complexity index is 1170. The highest BCUT2D eigenvalue weighted by molar-refractivity contribution is 7.93. The quantitative estimate of drug-likeness (QED) is 0.684. The molecule has 28 heavy (non-hydrogen) atoms. The van der Waals surface area contributed by atoms with Crippen molar-refractivity contribution in [3.05, 3.63) is 65.3 Å². The van der Waals surface area contributed by atoms with E-state index in [1.165, 1.54) is 25.4 Å². The summed E-state index contributed by atoms with van der Waals surface area (Å²) in [7, 11) is -2.46. The lowest BCUT2D eigenvalue weighted by Gasteiger charge is -2.10. The van der Waals surface area contributed by atoms with Crippen molar-refractivity contribution in [1.29, 1.82) is 5.26 Å². The van der Waals surface area contributed by atoms with Crippen LogP contribution in [-0.4, -0.2) is 36.5 Å². The lowest BCUT2D eigenvalue weighted by Crippen LogP contribution is -2.23. The van der Waals surface area contributed by atoms with Crippen molar-refractivity contribution in [3.8, 4) is 17.2 Å². The third-order valence-electron chi connectivity index (χ3n) is 3.97. The fraction of sp³-hybridized carbons (Fsp3) is 0.105. The number of hydrogen-bond acceptors (Lipinski definition) is 6. The minimum atomic E-state index is -3.86. The summed E-state index contributed by atoms with van der Waals surface area (Å²) in [6.45, 7) is 0.0272. The number of benzene rings is 1. The predicted octanol–water partition coefficient (Wildman–Crippen LogP) is 3.62. The van der Waals surface area contributed by atoms with Gasteiger partial charge in [-0.25, -0.2) is 18.2 Å². The molecule has 0 aliphatic rings. The van der Waals surface area contributed by atoms with Crippen LogP contribution in [0, 0.1) is 11.3 Å². The summed E-state index contributed by atoms with van der Waals surface area (Å²) in [6.07, 6.45) is 0.334. The maximum Gasteiger partial charge on any atom is 0.407 e. The first-order valence-corrected chi connectivity index (χ1v) is 10.4. The van der Waals surface area contributed by atoms with Gasteiger partial charge in [0.25, 0.3) is 0 Å². The van der Waals surface area contributed by atoms with Crippen LogP contribution in [-0.2, 0) is 16.4 Å². The number of hydrogen-bond donors (Lipinski definition) is 1. The highest BCUT2D eigenvalue weighted by Crippen LogP contribution is 2.39. The lowest BCUT2D eigenvalue weighted by atomic mass is 10.1. The number of carboxylic acid groups (broad SMARTS) is 1. The van der Waals surface area contributed by atoms with Gasteiger partial charge in [-0.2, -0.15) is 5.26 Å². The second-order valence-electron chi connectivity index (χ2n) is 5.88. The zero-order valence-corrected chi connectivity index (χ0v) is 16.4. The van der Waals surface area contributed by atoms with Crippen LogP contribution in [0.1, 0.15) is 10.6 Å². The number of nitriles is 1. The first-order valence-electron chi connectivity index (χ1n) is 8.07. The van der Waals surface area contributed by atoms with E-state index in [-0.39, 0.29) is 21.3 Å². The zero-order chi connectivity index (χ0) is 20.3. The summed E-state index contributed by atoms with van der Waals surface area (Å²) in [4.78, 5) is 16.9. The van der Waals surface area contributed by atoms with Gasteiger partial charge in [0.05, 0.1) is 11.4 Å². The van der Waals surface area contributed by atoms with E-state index in [2.05, 4.69) is 4.98 Å². The molecule has 0 unspecified atom stereocenters. The smallest absolute Gasteiger partial charge is 0.407 e. The van der Waals surface area contributed by atoms with E-state index < -0.39 is 15.9 Å². The number of sulfone groups is 1. The summed E-state index contributed by atoms with van der Waals surface area (Å²) in [5.41, 5.74) is 0.829. The van der Waals surface area contributed by atoms with Gasteiger partial charge in [0.2, 0.25) is 9.84 Å². The van der Waals surface area contributed by atoms with E-state index in [4.69, 9.17) is 5.11 Å². The van der Waals surface area contributed by atoms with Crippen LogP contribution in [0.5, 0.6) is 0 Å². The van der Waals surface area contributed by atoms with Gasteiger partial charge in [0, 0.05) is 29.2 Å². The molecule has 0 saturated carbocycles. The fourth-order valence-corrected chi connectivity index (χ4v) is 5.80. The van der Waals surface area contributed by atoms with Crippen LogP contribution in [0.2, 0.25) is 0 Å². The fourth-order valence-electron chi connectivity index (χ4n) is 2.61. The van der Waals surface area contributed by atoms with Crippen LogP contribution in [0.25, 0.3) is 11.1 Å². The largest absolute Gasteiger partial charge is 0.465 e. The average Bonchev–Trinajstić information content (AvgIpc) is 3.13. The number of aromatic nitrogens is 1. The maximum absolute atomic E-state index is 13.2. The molecule has 0 fully saturated rings. The Morgan fingerprint density at radius 1 is 1.21 bits per heavy atom. The minimum Gasteiger partial charge on any atom is -0.465 e. The van der Waals surface area contributed by atoms with Gasteiger partial charge in [0.15, 0.2) is 0 Å². The number of carbonyl (C=O) groups is 1. The topological polar surface area (TPSA) is 111 Å². The summed E-state index contributed by atoms with van der Waals surface area (Å²) >= 11 is 0.991. The van der Waals surface area contributed by atoms with E-state index >= 15 is 0 Å². The molecule has 3 aromatic rings. The maximum atomic E-state index is 13.2. The number of rotatable bonds is 5. The van der Waals surface area contributed by atoms with Gasteiger partial charge >= 0.3 is 6.09 Å². The van der Waals surface area contributed by atoms with Gasteiger partial charge < -0.3 is 10.0 Å². The third kappa shape index (κ3) is 3.74. The molecule has 9 heteroatoms. The summed E-state index contributed by atoms with van der Waals surface area (Å²) in [5, 5.41) is 18.5. The van der Waals surface area contributed by atoms with Crippen LogP contribution in [0.4, 0.5) is 4.79 Å². The minimum absolute atomic E-state index is 0.0272. The van der Waals surface area contributed by atoms with Crippen LogP contribution in [0.3, 0.4) is 0 Å².